The van der Waals surface area contributed by atoms with Gasteiger partial charge in [0.25, 0.3) is 0 Å². The van der Waals surface area contributed by atoms with Crippen LogP contribution in [0.5, 0.6) is 0 Å². The van der Waals surface area contributed by atoms with Gasteiger partial charge in [-0.05, 0) is 19.8 Å². The molecule has 0 aliphatic heterocycles. The number of ether oxygens (including phenoxy) is 1. The molecule has 0 spiro atoms. The Bertz CT molecular complexity index is 151. The molecule has 0 aliphatic rings. The average molecular weight is 201 g/mol. The van der Waals surface area contributed by atoms with Crippen molar-refractivity contribution in [2.45, 2.75) is 20.8 Å². The smallest absolute Gasteiger partial charge is 0.191 e. The standard InChI is InChI=1S/C10H23N3O/c1-5-11-10(12-6-2)13-7-9(3)8-14-4/h9H,5-8H2,1-4H3,(H2,11,12,13). The van der Waals surface area contributed by atoms with Crippen molar-refractivity contribution in [3.63, 3.8) is 0 Å². The molecule has 0 fully saturated rings. The van der Waals surface area contributed by atoms with E-state index in [1.54, 1.807) is 7.11 Å². The summed E-state index contributed by atoms with van der Waals surface area (Å²) in [6.07, 6.45) is 0. The predicted molar refractivity (Wildman–Crippen MR) is 60.7 cm³/mol. The van der Waals surface area contributed by atoms with Crippen molar-refractivity contribution >= 4 is 5.96 Å². The van der Waals surface area contributed by atoms with Gasteiger partial charge in [-0.25, -0.2) is 0 Å². The van der Waals surface area contributed by atoms with Crippen molar-refractivity contribution in [3.05, 3.63) is 0 Å². The Morgan fingerprint density at radius 1 is 1.29 bits per heavy atom. The first-order chi connectivity index (χ1) is 6.74. The van der Waals surface area contributed by atoms with Gasteiger partial charge in [0.1, 0.15) is 0 Å². The topological polar surface area (TPSA) is 45.7 Å². The summed E-state index contributed by atoms with van der Waals surface area (Å²) in [5.41, 5.74) is 0. The van der Waals surface area contributed by atoms with Gasteiger partial charge in [0.2, 0.25) is 0 Å². The zero-order valence-electron chi connectivity index (χ0n) is 9.76. The third-order valence-electron chi connectivity index (χ3n) is 1.70. The average Bonchev–Trinajstić information content (AvgIpc) is 2.15. The van der Waals surface area contributed by atoms with Crippen LogP contribution in [0.1, 0.15) is 20.8 Å². The van der Waals surface area contributed by atoms with Gasteiger partial charge in [-0.15, -0.1) is 0 Å². The van der Waals surface area contributed by atoms with E-state index in [4.69, 9.17) is 4.74 Å². The number of nitrogens with zero attached hydrogens (tertiary/aromatic N) is 1. The van der Waals surface area contributed by atoms with Crippen molar-refractivity contribution in [2.75, 3.05) is 33.4 Å². The molecule has 0 rings (SSSR count). The highest BCUT2D eigenvalue weighted by molar-refractivity contribution is 5.79. The van der Waals surface area contributed by atoms with Gasteiger partial charge in [-0.3, -0.25) is 4.99 Å². The highest BCUT2D eigenvalue weighted by Gasteiger charge is 2.00. The summed E-state index contributed by atoms with van der Waals surface area (Å²) in [5, 5.41) is 6.36. The highest BCUT2D eigenvalue weighted by Crippen LogP contribution is 1.95. The lowest BCUT2D eigenvalue weighted by Gasteiger charge is -2.11. The molecule has 2 N–H and O–H groups in total. The van der Waals surface area contributed by atoms with Crippen LogP contribution in [0.4, 0.5) is 0 Å². The van der Waals surface area contributed by atoms with Gasteiger partial charge in [0.05, 0.1) is 6.61 Å². The number of nitrogens with one attached hydrogen (secondary N) is 2. The van der Waals surface area contributed by atoms with E-state index in [0.717, 1.165) is 32.2 Å². The van der Waals surface area contributed by atoms with E-state index < -0.39 is 0 Å². The van der Waals surface area contributed by atoms with Crippen LogP contribution in [0.25, 0.3) is 0 Å². The number of guanidine groups is 1. The van der Waals surface area contributed by atoms with Crippen molar-refractivity contribution in [1.82, 2.24) is 10.6 Å². The molecule has 0 saturated heterocycles. The third kappa shape index (κ3) is 6.71. The second-order valence-corrected chi connectivity index (χ2v) is 3.31. The Morgan fingerprint density at radius 3 is 2.29 bits per heavy atom. The van der Waals surface area contributed by atoms with E-state index in [9.17, 15) is 0 Å². The van der Waals surface area contributed by atoms with Crippen LogP contribution >= 0.6 is 0 Å². The number of hydrogen-bond acceptors (Lipinski definition) is 2. The number of hydrogen-bond donors (Lipinski definition) is 2. The monoisotopic (exact) mass is 201 g/mol. The molecule has 0 bridgehead atoms. The zero-order chi connectivity index (χ0) is 10.8. The number of aliphatic imine (C=N–C) groups is 1. The van der Waals surface area contributed by atoms with Crippen molar-refractivity contribution in [1.29, 1.82) is 0 Å². The fraction of sp³-hybridized carbons (Fsp3) is 0.900. The fourth-order valence-electron chi connectivity index (χ4n) is 1.09. The van der Waals surface area contributed by atoms with Crippen LogP contribution in [-0.4, -0.2) is 39.3 Å². The Labute approximate surface area is 87.1 Å². The molecule has 0 saturated carbocycles. The van der Waals surface area contributed by atoms with Gasteiger partial charge in [-0.1, -0.05) is 6.92 Å². The largest absolute Gasteiger partial charge is 0.384 e. The molecule has 0 aromatic rings. The lowest BCUT2D eigenvalue weighted by molar-refractivity contribution is 0.163. The predicted octanol–water partition coefficient (Wildman–Crippen LogP) is 0.844. The van der Waals surface area contributed by atoms with E-state index in [2.05, 4.69) is 36.4 Å². The first-order valence-electron chi connectivity index (χ1n) is 5.25. The van der Waals surface area contributed by atoms with Crippen LogP contribution in [0.2, 0.25) is 0 Å². The van der Waals surface area contributed by atoms with Crippen LogP contribution in [0, 0.1) is 5.92 Å². The maximum atomic E-state index is 5.05. The minimum atomic E-state index is 0.465. The van der Waals surface area contributed by atoms with E-state index >= 15 is 0 Å². The fourth-order valence-corrected chi connectivity index (χ4v) is 1.09. The van der Waals surface area contributed by atoms with Crippen LogP contribution < -0.4 is 10.6 Å². The number of rotatable bonds is 6. The summed E-state index contributed by atoms with van der Waals surface area (Å²) >= 11 is 0. The molecule has 0 aromatic carbocycles. The summed E-state index contributed by atoms with van der Waals surface area (Å²) in [7, 11) is 1.72. The van der Waals surface area contributed by atoms with Crippen LogP contribution in [-0.2, 0) is 4.74 Å². The van der Waals surface area contributed by atoms with Crippen molar-refractivity contribution < 1.29 is 4.74 Å². The van der Waals surface area contributed by atoms with Crippen molar-refractivity contribution in [2.24, 2.45) is 10.9 Å². The minimum absolute atomic E-state index is 0.465. The van der Waals surface area contributed by atoms with E-state index in [1.165, 1.54) is 0 Å². The lowest BCUT2D eigenvalue weighted by Crippen LogP contribution is -2.37. The van der Waals surface area contributed by atoms with Gasteiger partial charge in [-0.2, -0.15) is 0 Å². The summed E-state index contributed by atoms with van der Waals surface area (Å²) in [5.74, 6) is 1.35. The van der Waals surface area contributed by atoms with Crippen LogP contribution in [0.3, 0.4) is 0 Å². The molecule has 0 radical (unpaired) electrons. The number of methoxy groups -OCH3 is 1. The van der Waals surface area contributed by atoms with Gasteiger partial charge >= 0.3 is 0 Å². The molecule has 1 unspecified atom stereocenters. The summed E-state index contributed by atoms with van der Waals surface area (Å²) in [6, 6.07) is 0. The molecule has 84 valence electrons. The Hall–Kier alpha value is -0.770. The zero-order valence-corrected chi connectivity index (χ0v) is 9.76. The molecule has 1 atom stereocenters. The molecular weight excluding hydrogens is 178 g/mol. The molecule has 0 heterocycles. The second kappa shape index (κ2) is 8.81. The molecule has 0 aromatic heterocycles. The summed E-state index contributed by atoms with van der Waals surface area (Å²) < 4.78 is 5.05. The Kier molecular flexibility index (Phi) is 8.33. The minimum Gasteiger partial charge on any atom is -0.384 e. The maximum Gasteiger partial charge on any atom is 0.191 e. The van der Waals surface area contributed by atoms with E-state index in [-0.39, 0.29) is 0 Å². The summed E-state index contributed by atoms with van der Waals surface area (Å²) in [4.78, 5) is 4.44. The Morgan fingerprint density at radius 2 is 1.86 bits per heavy atom. The van der Waals surface area contributed by atoms with Gasteiger partial charge in [0, 0.05) is 26.7 Å². The van der Waals surface area contributed by atoms with Gasteiger partial charge in [0.15, 0.2) is 5.96 Å². The van der Waals surface area contributed by atoms with Gasteiger partial charge < -0.3 is 15.4 Å². The molecule has 0 aliphatic carbocycles. The third-order valence-corrected chi connectivity index (χ3v) is 1.70. The van der Waals surface area contributed by atoms with E-state index in [0.29, 0.717) is 5.92 Å². The molecule has 4 heteroatoms. The first-order valence-corrected chi connectivity index (χ1v) is 5.25. The van der Waals surface area contributed by atoms with Crippen LogP contribution in [0.15, 0.2) is 4.99 Å². The first kappa shape index (κ1) is 13.2. The highest BCUT2D eigenvalue weighted by atomic mass is 16.5. The quantitative estimate of drug-likeness (QED) is 0.494. The van der Waals surface area contributed by atoms with E-state index in [1.807, 2.05) is 0 Å². The molecular formula is C10H23N3O. The SMILES string of the molecule is CCNC(=NCC(C)COC)NCC. The maximum absolute atomic E-state index is 5.05. The molecule has 14 heavy (non-hydrogen) atoms. The Balaban J connectivity index is 3.87. The normalized spacial score (nSPS) is 12.0. The lowest BCUT2D eigenvalue weighted by atomic mass is 10.2. The molecule has 4 nitrogen and oxygen atoms in total. The summed E-state index contributed by atoms with van der Waals surface area (Å²) in [6.45, 7) is 9.59. The second-order valence-electron chi connectivity index (χ2n) is 3.31. The molecule has 0 amide bonds. The van der Waals surface area contributed by atoms with Crippen molar-refractivity contribution in [3.8, 4) is 0 Å².